The molecule has 1 aromatic carbocycles. The van der Waals surface area contributed by atoms with Crippen molar-refractivity contribution < 1.29 is 18.0 Å². The summed E-state index contributed by atoms with van der Waals surface area (Å²) < 4.78 is 38.7. The van der Waals surface area contributed by atoms with Crippen LogP contribution < -0.4 is 0 Å². The van der Waals surface area contributed by atoms with Crippen molar-refractivity contribution in [2.24, 2.45) is 5.16 Å². The van der Waals surface area contributed by atoms with E-state index in [1.54, 1.807) is 18.2 Å². The van der Waals surface area contributed by atoms with Crippen LogP contribution in [0.2, 0.25) is 0 Å². The fourth-order valence-corrected chi connectivity index (χ4v) is 1.54. The third-order valence-electron chi connectivity index (χ3n) is 2.36. The number of oxime groups is 1. The van der Waals surface area contributed by atoms with Crippen LogP contribution in [-0.4, -0.2) is 12.4 Å². The van der Waals surface area contributed by atoms with Crippen molar-refractivity contribution in [1.29, 1.82) is 0 Å². The van der Waals surface area contributed by atoms with E-state index in [0.29, 0.717) is 0 Å². The van der Waals surface area contributed by atoms with Gasteiger partial charge < -0.3 is 4.84 Å². The summed E-state index contributed by atoms with van der Waals surface area (Å²) in [6.45, 7) is 0. The molecule has 1 heterocycles. The SMILES string of the molecule is FC(F)(F)C1(c2ccccc2)CC=NO1. The van der Waals surface area contributed by atoms with Crippen molar-refractivity contribution >= 4 is 6.21 Å². The van der Waals surface area contributed by atoms with Gasteiger partial charge in [-0.1, -0.05) is 35.5 Å². The Morgan fingerprint density at radius 2 is 1.87 bits per heavy atom. The van der Waals surface area contributed by atoms with Crippen LogP contribution in [0.5, 0.6) is 0 Å². The molecule has 0 spiro atoms. The minimum absolute atomic E-state index is 0.0787. The number of hydrogen-bond donors (Lipinski definition) is 0. The molecule has 1 aliphatic rings. The molecule has 0 amide bonds. The monoisotopic (exact) mass is 215 g/mol. The zero-order chi connectivity index (χ0) is 10.9. The van der Waals surface area contributed by atoms with Crippen LogP contribution in [0.4, 0.5) is 13.2 Å². The topological polar surface area (TPSA) is 21.6 Å². The number of alkyl halides is 3. The Hall–Kier alpha value is -1.52. The van der Waals surface area contributed by atoms with Gasteiger partial charge in [-0.05, 0) is 0 Å². The molecule has 1 aromatic rings. The molecule has 0 radical (unpaired) electrons. The van der Waals surface area contributed by atoms with E-state index >= 15 is 0 Å². The Balaban J connectivity index is 2.45. The van der Waals surface area contributed by atoms with Crippen molar-refractivity contribution in [2.45, 2.75) is 18.2 Å². The van der Waals surface area contributed by atoms with E-state index in [1.807, 2.05) is 0 Å². The van der Waals surface area contributed by atoms with Crippen molar-refractivity contribution in [1.82, 2.24) is 0 Å². The zero-order valence-corrected chi connectivity index (χ0v) is 7.66. The summed E-state index contributed by atoms with van der Waals surface area (Å²) >= 11 is 0. The minimum atomic E-state index is -4.47. The lowest BCUT2D eigenvalue weighted by Gasteiger charge is -2.29. The van der Waals surface area contributed by atoms with Gasteiger partial charge in [-0.3, -0.25) is 0 Å². The largest absolute Gasteiger partial charge is 0.435 e. The molecule has 0 aromatic heterocycles. The van der Waals surface area contributed by atoms with Crippen LogP contribution >= 0.6 is 0 Å². The zero-order valence-electron chi connectivity index (χ0n) is 7.66. The number of hydrogen-bond acceptors (Lipinski definition) is 2. The maximum Gasteiger partial charge on any atom is 0.435 e. The Morgan fingerprint density at radius 3 is 2.33 bits per heavy atom. The number of benzene rings is 1. The summed E-state index contributed by atoms with van der Waals surface area (Å²) in [7, 11) is 0. The van der Waals surface area contributed by atoms with Gasteiger partial charge in [0.05, 0.1) is 0 Å². The van der Waals surface area contributed by atoms with Crippen LogP contribution in [0.3, 0.4) is 0 Å². The lowest BCUT2D eigenvalue weighted by molar-refractivity contribution is -0.275. The molecule has 0 saturated heterocycles. The number of nitrogens with zero attached hydrogens (tertiary/aromatic N) is 1. The molecule has 2 rings (SSSR count). The molecule has 0 saturated carbocycles. The van der Waals surface area contributed by atoms with Crippen molar-refractivity contribution in [3.8, 4) is 0 Å². The van der Waals surface area contributed by atoms with Gasteiger partial charge in [-0.25, -0.2) is 0 Å². The molecule has 0 fully saturated rings. The molecule has 0 N–H and O–H groups in total. The molecule has 0 aliphatic carbocycles. The molecule has 1 atom stereocenters. The first kappa shape index (κ1) is 10.0. The highest BCUT2D eigenvalue weighted by atomic mass is 19.4. The van der Waals surface area contributed by atoms with Gasteiger partial charge in [0.15, 0.2) is 0 Å². The summed E-state index contributed by atoms with van der Waals surface area (Å²) in [6, 6.07) is 7.53. The van der Waals surface area contributed by atoms with Gasteiger partial charge in [-0.15, -0.1) is 0 Å². The van der Waals surface area contributed by atoms with E-state index < -0.39 is 11.8 Å². The van der Waals surface area contributed by atoms with E-state index in [2.05, 4.69) is 9.99 Å². The molecule has 1 aliphatic heterocycles. The minimum Gasteiger partial charge on any atom is -0.375 e. The van der Waals surface area contributed by atoms with E-state index in [9.17, 15) is 13.2 Å². The number of halogens is 3. The molecule has 0 bridgehead atoms. The lowest BCUT2D eigenvalue weighted by Crippen LogP contribution is -2.41. The van der Waals surface area contributed by atoms with E-state index in [0.717, 1.165) is 6.21 Å². The second kappa shape index (κ2) is 3.25. The second-order valence-corrected chi connectivity index (χ2v) is 3.27. The van der Waals surface area contributed by atoms with Crippen molar-refractivity contribution in [3.63, 3.8) is 0 Å². The first-order valence-electron chi connectivity index (χ1n) is 4.38. The molecule has 1 unspecified atom stereocenters. The standard InChI is InChI=1S/C10H8F3NO/c11-10(12,13)9(6-7-14-15-9)8-4-2-1-3-5-8/h1-5,7H,6H2. The summed E-state index contributed by atoms with van der Waals surface area (Å²) in [5.41, 5.74) is -2.22. The summed E-state index contributed by atoms with van der Waals surface area (Å²) in [4.78, 5) is 4.54. The Kier molecular flexibility index (Phi) is 2.17. The van der Waals surface area contributed by atoms with Crippen molar-refractivity contribution in [3.05, 3.63) is 35.9 Å². The van der Waals surface area contributed by atoms with Crippen molar-refractivity contribution in [2.75, 3.05) is 0 Å². The maximum atomic E-state index is 12.9. The predicted molar refractivity (Wildman–Crippen MR) is 48.4 cm³/mol. The average Bonchev–Trinajstić information content (AvgIpc) is 2.68. The first-order chi connectivity index (χ1) is 7.06. The fourth-order valence-electron chi connectivity index (χ4n) is 1.54. The van der Waals surface area contributed by atoms with E-state index in [1.165, 1.54) is 12.1 Å². The van der Waals surface area contributed by atoms with Gasteiger partial charge in [0.25, 0.3) is 5.60 Å². The Morgan fingerprint density at radius 1 is 1.20 bits per heavy atom. The van der Waals surface area contributed by atoms with Crippen LogP contribution in [0.1, 0.15) is 12.0 Å². The van der Waals surface area contributed by atoms with Gasteiger partial charge in [0.2, 0.25) is 0 Å². The lowest BCUT2D eigenvalue weighted by atomic mass is 9.90. The Bertz CT molecular complexity index is 364. The number of rotatable bonds is 1. The maximum absolute atomic E-state index is 12.9. The highest BCUT2D eigenvalue weighted by Gasteiger charge is 2.60. The van der Waals surface area contributed by atoms with Gasteiger partial charge >= 0.3 is 6.18 Å². The fraction of sp³-hybridized carbons (Fsp3) is 0.300. The predicted octanol–water partition coefficient (Wildman–Crippen LogP) is 2.85. The quantitative estimate of drug-likeness (QED) is 0.705. The molecule has 2 nitrogen and oxygen atoms in total. The van der Waals surface area contributed by atoms with Crippen LogP contribution in [0.25, 0.3) is 0 Å². The van der Waals surface area contributed by atoms with E-state index in [-0.39, 0.29) is 12.0 Å². The Labute approximate surface area is 84.3 Å². The summed E-state index contributed by atoms with van der Waals surface area (Å²) in [6.07, 6.45) is -3.61. The second-order valence-electron chi connectivity index (χ2n) is 3.27. The molecular weight excluding hydrogens is 207 g/mol. The van der Waals surface area contributed by atoms with Crippen LogP contribution in [-0.2, 0) is 10.4 Å². The van der Waals surface area contributed by atoms with Crippen LogP contribution in [0, 0.1) is 0 Å². The highest BCUT2D eigenvalue weighted by molar-refractivity contribution is 5.61. The first-order valence-corrected chi connectivity index (χ1v) is 4.38. The highest BCUT2D eigenvalue weighted by Crippen LogP contribution is 2.46. The normalized spacial score (nSPS) is 25.3. The van der Waals surface area contributed by atoms with Gasteiger partial charge in [0, 0.05) is 18.2 Å². The third kappa shape index (κ3) is 1.48. The van der Waals surface area contributed by atoms with E-state index in [4.69, 9.17) is 0 Å². The molecule has 5 heteroatoms. The van der Waals surface area contributed by atoms with Gasteiger partial charge in [-0.2, -0.15) is 13.2 Å². The average molecular weight is 215 g/mol. The summed E-state index contributed by atoms with van der Waals surface area (Å²) in [5, 5.41) is 3.23. The third-order valence-corrected chi connectivity index (χ3v) is 2.36. The summed E-state index contributed by atoms with van der Waals surface area (Å²) in [5.74, 6) is 0. The molecule has 80 valence electrons. The van der Waals surface area contributed by atoms with Gasteiger partial charge in [0.1, 0.15) is 0 Å². The molecular formula is C10H8F3NO. The van der Waals surface area contributed by atoms with Crippen LogP contribution in [0.15, 0.2) is 35.5 Å². The molecule has 15 heavy (non-hydrogen) atoms. The smallest absolute Gasteiger partial charge is 0.375 e.